The van der Waals surface area contributed by atoms with Crippen molar-refractivity contribution in [2.24, 2.45) is 5.10 Å². The molecule has 0 aliphatic carbocycles. The van der Waals surface area contributed by atoms with Gasteiger partial charge in [-0.1, -0.05) is 15.9 Å². The summed E-state index contributed by atoms with van der Waals surface area (Å²) < 4.78 is 1.31. The maximum Gasteiger partial charge on any atom is 0.291 e. The first-order chi connectivity index (χ1) is 9.47. The third-order valence-electron chi connectivity index (χ3n) is 2.37. The molecule has 0 saturated heterocycles. The SMILES string of the molecule is Cc1cc(C(=O)N/N=C/c2cc(Br)cc(Br)c2O)n[nH]1. The van der Waals surface area contributed by atoms with Crippen LogP contribution in [0.1, 0.15) is 21.7 Å². The zero-order valence-electron chi connectivity index (χ0n) is 10.3. The van der Waals surface area contributed by atoms with Gasteiger partial charge in [0.25, 0.3) is 5.91 Å². The molecule has 0 spiro atoms. The topological polar surface area (TPSA) is 90.4 Å². The van der Waals surface area contributed by atoms with Crippen LogP contribution in [0.3, 0.4) is 0 Å². The average Bonchev–Trinajstić information content (AvgIpc) is 2.81. The first-order valence-electron chi connectivity index (χ1n) is 5.51. The van der Waals surface area contributed by atoms with Crippen molar-refractivity contribution >= 4 is 44.0 Å². The number of aromatic nitrogens is 2. The minimum Gasteiger partial charge on any atom is -0.506 e. The number of amides is 1. The summed E-state index contributed by atoms with van der Waals surface area (Å²) in [5.41, 5.74) is 3.83. The number of aryl methyl sites for hydroxylation is 1. The number of carbonyl (C=O) groups is 1. The molecule has 1 amide bonds. The molecule has 3 N–H and O–H groups in total. The highest BCUT2D eigenvalue weighted by Crippen LogP contribution is 2.30. The quantitative estimate of drug-likeness (QED) is 0.545. The molecule has 1 aromatic heterocycles. The summed E-state index contributed by atoms with van der Waals surface area (Å²) in [6.45, 7) is 1.80. The summed E-state index contributed by atoms with van der Waals surface area (Å²) >= 11 is 6.52. The Labute approximate surface area is 131 Å². The number of hydrazone groups is 1. The number of hydrogen-bond acceptors (Lipinski definition) is 4. The van der Waals surface area contributed by atoms with Gasteiger partial charge in [-0.15, -0.1) is 0 Å². The zero-order valence-corrected chi connectivity index (χ0v) is 13.5. The Balaban J connectivity index is 2.09. The molecule has 8 heteroatoms. The van der Waals surface area contributed by atoms with Gasteiger partial charge in [0.15, 0.2) is 5.69 Å². The maximum absolute atomic E-state index is 11.7. The molecule has 20 heavy (non-hydrogen) atoms. The Hall–Kier alpha value is -1.67. The van der Waals surface area contributed by atoms with Gasteiger partial charge in [0, 0.05) is 15.7 Å². The van der Waals surface area contributed by atoms with Crippen molar-refractivity contribution in [2.75, 3.05) is 0 Å². The van der Waals surface area contributed by atoms with Gasteiger partial charge >= 0.3 is 0 Å². The summed E-state index contributed by atoms with van der Waals surface area (Å²) in [6, 6.07) is 4.99. The number of benzene rings is 1. The second kappa shape index (κ2) is 6.19. The molecular weight excluding hydrogens is 392 g/mol. The van der Waals surface area contributed by atoms with Crippen LogP contribution in [0, 0.1) is 6.92 Å². The summed E-state index contributed by atoms with van der Waals surface area (Å²) in [5, 5.41) is 20.1. The lowest BCUT2D eigenvalue weighted by molar-refractivity contribution is 0.0950. The number of H-pyrrole nitrogens is 1. The summed E-state index contributed by atoms with van der Waals surface area (Å²) in [5.74, 6) is -0.388. The van der Waals surface area contributed by atoms with E-state index in [4.69, 9.17) is 0 Å². The van der Waals surface area contributed by atoms with E-state index < -0.39 is 5.91 Å². The predicted molar refractivity (Wildman–Crippen MR) is 81.9 cm³/mol. The Bertz CT molecular complexity index is 682. The molecule has 0 atom stereocenters. The van der Waals surface area contributed by atoms with Crippen molar-refractivity contribution in [1.29, 1.82) is 0 Å². The Morgan fingerprint density at radius 2 is 2.20 bits per heavy atom. The highest BCUT2D eigenvalue weighted by Gasteiger charge is 2.08. The van der Waals surface area contributed by atoms with Gasteiger partial charge in [-0.2, -0.15) is 10.2 Å². The highest BCUT2D eigenvalue weighted by atomic mass is 79.9. The van der Waals surface area contributed by atoms with Crippen molar-refractivity contribution in [2.45, 2.75) is 6.92 Å². The van der Waals surface area contributed by atoms with E-state index in [0.29, 0.717) is 10.0 Å². The normalized spacial score (nSPS) is 10.9. The van der Waals surface area contributed by atoms with Gasteiger partial charge in [-0.25, -0.2) is 5.43 Å². The van der Waals surface area contributed by atoms with Gasteiger partial charge in [-0.05, 0) is 41.1 Å². The van der Waals surface area contributed by atoms with Crippen molar-refractivity contribution < 1.29 is 9.90 Å². The van der Waals surface area contributed by atoms with Crippen molar-refractivity contribution in [3.8, 4) is 5.75 Å². The summed E-state index contributed by atoms with van der Waals surface area (Å²) in [6.07, 6.45) is 1.35. The zero-order chi connectivity index (χ0) is 14.7. The van der Waals surface area contributed by atoms with Gasteiger partial charge in [0.1, 0.15) is 5.75 Å². The van der Waals surface area contributed by atoms with E-state index in [-0.39, 0.29) is 11.4 Å². The number of aromatic hydroxyl groups is 1. The number of carbonyl (C=O) groups excluding carboxylic acids is 1. The van der Waals surface area contributed by atoms with Crippen LogP contribution in [0.15, 0.2) is 32.2 Å². The third kappa shape index (κ3) is 3.45. The van der Waals surface area contributed by atoms with Gasteiger partial charge in [0.05, 0.1) is 10.7 Å². The van der Waals surface area contributed by atoms with Crippen LogP contribution in [-0.4, -0.2) is 27.4 Å². The Morgan fingerprint density at radius 1 is 1.45 bits per heavy atom. The van der Waals surface area contributed by atoms with Gasteiger partial charge in [0.2, 0.25) is 0 Å². The predicted octanol–water partition coefficient (Wildman–Crippen LogP) is 2.71. The molecule has 0 saturated carbocycles. The fraction of sp³-hybridized carbons (Fsp3) is 0.0833. The van der Waals surface area contributed by atoms with E-state index in [0.717, 1.165) is 10.2 Å². The molecule has 0 radical (unpaired) electrons. The Morgan fingerprint density at radius 3 is 2.85 bits per heavy atom. The lowest BCUT2D eigenvalue weighted by atomic mass is 10.2. The van der Waals surface area contributed by atoms with E-state index >= 15 is 0 Å². The van der Waals surface area contributed by atoms with E-state index in [9.17, 15) is 9.90 Å². The van der Waals surface area contributed by atoms with E-state index in [1.807, 2.05) is 0 Å². The maximum atomic E-state index is 11.7. The lowest BCUT2D eigenvalue weighted by Gasteiger charge is -2.02. The number of hydrogen-bond donors (Lipinski definition) is 3. The average molecular weight is 402 g/mol. The van der Waals surface area contributed by atoms with Crippen molar-refractivity contribution in [3.05, 3.63) is 44.1 Å². The summed E-state index contributed by atoms with van der Waals surface area (Å²) in [7, 11) is 0. The van der Waals surface area contributed by atoms with Crippen LogP contribution in [0.4, 0.5) is 0 Å². The molecule has 1 aromatic carbocycles. The lowest BCUT2D eigenvalue weighted by Crippen LogP contribution is -2.18. The third-order valence-corrected chi connectivity index (χ3v) is 3.43. The molecular formula is C12H10Br2N4O2. The van der Waals surface area contributed by atoms with Crippen LogP contribution >= 0.6 is 31.9 Å². The summed E-state index contributed by atoms with van der Waals surface area (Å²) in [4.78, 5) is 11.7. The van der Waals surface area contributed by atoms with E-state index in [2.05, 4.69) is 52.6 Å². The molecule has 2 aromatic rings. The number of nitrogens with zero attached hydrogens (tertiary/aromatic N) is 2. The van der Waals surface area contributed by atoms with Crippen LogP contribution in [-0.2, 0) is 0 Å². The van der Waals surface area contributed by atoms with E-state index in [1.54, 1.807) is 25.1 Å². The van der Waals surface area contributed by atoms with Crippen LogP contribution in [0.5, 0.6) is 5.75 Å². The number of phenols is 1. The fourth-order valence-corrected chi connectivity index (χ4v) is 2.69. The monoisotopic (exact) mass is 400 g/mol. The van der Waals surface area contributed by atoms with E-state index in [1.165, 1.54) is 6.21 Å². The number of nitrogens with one attached hydrogen (secondary N) is 2. The van der Waals surface area contributed by atoms with Crippen molar-refractivity contribution in [3.63, 3.8) is 0 Å². The molecule has 0 unspecified atom stereocenters. The minimum atomic E-state index is -0.431. The largest absolute Gasteiger partial charge is 0.506 e. The van der Waals surface area contributed by atoms with Gasteiger partial charge in [-0.3, -0.25) is 9.89 Å². The fourth-order valence-electron chi connectivity index (χ4n) is 1.44. The minimum absolute atomic E-state index is 0.0433. The number of aromatic amines is 1. The van der Waals surface area contributed by atoms with Crippen LogP contribution in [0.25, 0.3) is 0 Å². The van der Waals surface area contributed by atoms with Crippen LogP contribution in [0.2, 0.25) is 0 Å². The molecule has 2 rings (SSSR count). The Kier molecular flexibility index (Phi) is 4.56. The van der Waals surface area contributed by atoms with Gasteiger partial charge < -0.3 is 5.11 Å². The number of phenolic OH excluding ortho intramolecular Hbond substituents is 1. The molecule has 0 aliphatic heterocycles. The number of rotatable bonds is 3. The molecule has 1 heterocycles. The number of halogens is 2. The van der Waals surface area contributed by atoms with Crippen molar-refractivity contribution in [1.82, 2.24) is 15.6 Å². The highest BCUT2D eigenvalue weighted by molar-refractivity contribution is 9.11. The molecule has 6 nitrogen and oxygen atoms in total. The first-order valence-corrected chi connectivity index (χ1v) is 7.09. The standard InChI is InChI=1S/C12H10Br2N4O2/c1-6-2-10(17-16-6)12(20)18-15-5-7-3-8(13)4-9(14)11(7)19/h2-5,19H,1H3,(H,16,17)(H,18,20)/b15-5+. The molecule has 0 fully saturated rings. The smallest absolute Gasteiger partial charge is 0.291 e. The first kappa shape index (κ1) is 14.7. The molecule has 104 valence electrons. The molecule has 0 bridgehead atoms. The molecule has 0 aliphatic rings. The second-order valence-electron chi connectivity index (χ2n) is 3.96. The second-order valence-corrected chi connectivity index (χ2v) is 5.73. The van der Waals surface area contributed by atoms with Crippen LogP contribution < -0.4 is 5.43 Å².